The Morgan fingerprint density at radius 1 is 1.33 bits per heavy atom. The van der Waals surface area contributed by atoms with Crippen molar-refractivity contribution in [3.63, 3.8) is 0 Å². The van der Waals surface area contributed by atoms with Gasteiger partial charge in [0.05, 0.1) is 0 Å². The highest BCUT2D eigenvalue weighted by molar-refractivity contribution is 5.99. The number of carbonyl (C=O) groups excluding carboxylic acids is 2. The minimum atomic E-state index is -0.968. The van der Waals surface area contributed by atoms with Gasteiger partial charge in [-0.1, -0.05) is 19.9 Å². The van der Waals surface area contributed by atoms with E-state index in [1.54, 1.807) is 24.3 Å². The Hall–Kier alpha value is -2.37. The molecule has 1 aromatic rings. The van der Waals surface area contributed by atoms with E-state index >= 15 is 0 Å². The van der Waals surface area contributed by atoms with Gasteiger partial charge in [0.25, 0.3) is 5.91 Å². The summed E-state index contributed by atoms with van der Waals surface area (Å²) in [5, 5.41) is 12.1. The second-order valence-electron chi connectivity index (χ2n) is 6.23. The van der Waals surface area contributed by atoms with Crippen molar-refractivity contribution in [2.75, 3.05) is 11.9 Å². The fraction of sp³-hybridized carbons (Fsp3) is 0.500. The summed E-state index contributed by atoms with van der Waals surface area (Å²) in [6.07, 6.45) is 2.83. The second-order valence-corrected chi connectivity index (χ2v) is 6.23. The van der Waals surface area contributed by atoms with Crippen LogP contribution in [0.5, 0.6) is 0 Å². The third kappa shape index (κ3) is 4.13. The number of carboxylic acids is 1. The Bertz CT molecular complexity index is 629. The first-order valence-electron chi connectivity index (χ1n) is 8.38. The average Bonchev–Trinajstić information content (AvgIpc) is 2.60. The average molecular weight is 332 g/mol. The van der Waals surface area contributed by atoms with E-state index in [0.717, 1.165) is 19.3 Å². The molecule has 24 heavy (non-hydrogen) atoms. The summed E-state index contributed by atoms with van der Waals surface area (Å²) in [5.41, 5.74) is 0.945. The Labute approximate surface area is 141 Å². The molecule has 130 valence electrons. The summed E-state index contributed by atoms with van der Waals surface area (Å²) in [5.74, 6) is -1.47. The van der Waals surface area contributed by atoms with Gasteiger partial charge in [0.15, 0.2) is 0 Å². The highest BCUT2D eigenvalue weighted by Crippen LogP contribution is 2.21. The van der Waals surface area contributed by atoms with Gasteiger partial charge in [-0.15, -0.1) is 0 Å². The van der Waals surface area contributed by atoms with Crippen LogP contribution in [0.2, 0.25) is 0 Å². The number of aliphatic carboxylic acids is 1. The molecule has 2 unspecified atom stereocenters. The molecule has 0 aliphatic carbocycles. The van der Waals surface area contributed by atoms with Crippen molar-refractivity contribution >= 4 is 23.5 Å². The van der Waals surface area contributed by atoms with Crippen molar-refractivity contribution in [1.82, 2.24) is 4.90 Å². The van der Waals surface area contributed by atoms with Gasteiger partial charge >= 0.3 is 5.97 Å². The number of hydrogen-bond donors (Lipinski definition) is 2. The van der Waals surface area contributed by atoms with Crippen molar-refractivity contribution in [2.45, 2.75) is 45.6 Å². The quantitative estimate of drug-likeness (QED) is 0.868. The number of rotatable bonds is 5. The Kier molecular flexibility index (Phi) is 5.95. The van der Waals surface area contributed by atoms with Crippen LogP contribution in [0.15, 0.2) is 24.3 Å². The van der Waals surface area contributed by atoms with Crippen LogP contribution >= 0.6 is 0 Å². The number of carbonyl (C=O) groups is 3. The van der Waals surface area contributed by atoms with E-state index in [1.807, 2.05) is 13.8 Å². The molecule has 1 heterocycles. The molecule has 2 N–H and O–H groups in total. The van der Waals surface area contributed by atoms with Crippen LogP contribution in [0.25, 0.3) is 0 Å². The number of amides is 2. The number of nitrogens with zero attached hydrogens (tertiary/aromatic N) is 1. The van der Waals surface area contributed by atoms with E-state index in [2.05, 4.69) is 5.32 Å². The van der Waals surface area contributed by atoms with Crippen LogP contribution in [0.4, 0.5) is 5.69 Å². The Morgan fingerprint density at radius 2 is 2.08 bits per heavy atom. The summed E-state index contributed by atoms with van der Waals surface area (Å²) in [6.45, 7) is 4.22. The molecule has 1 aliphatic rings. The molecule has 1 aromatic carbocycles. The van der Waals surface area contributed by atoms with Crippen LogP contribution in [0.3, 0.4) is 0 Å². The van der Waals surface area contributed by atoms with Crippen LogP contribution < -0.4 is 5.32 Å². The zero-order valence-corrected chi connectivity index (χ0v) is 14.1. The third-order valence-corrected chi connectivity index (χ3v) is 4.49. The SMILES string of the molecule is CCC(C)C(=O)Nc1cccc(C(=O)N2CCCCC2C(=O)O)c1. The molecule has 6 heteroatoms. The van der Waals surface area contributed by atoms with Crippen molar-refractivity contribution in [1.29, 1.82) is 0 Å². The molecule has 1 aliphatic heterocycles. The topological polar surface area (TPSA) is 86.7 Å². The largest absolute Gasteiger partial charge is 0.480 e. The van der Waals surface area contributed by atoms with Crippen LogP contribution in [0, 0.1) is 5.92 Å². The molecule has 0 spiro atoms. The molecule has 2 atom stereocenters. The molecule has 0 saturated carbocycles. The van der Waals surface area contributed by atoms with Gasteiger partial charge in [-0.05, 0) is 43.9 Å². The van der Waals surface area contributed by atoms with Crippen LogP contribution in [-0.2, 0) is 9.59 Å². The molecule has 2 rings (SSSR count). The van der Waals surface area contributed by atoms with Crippen molar-refractivity contribution < 1.29 is 19.5 Å². The first-order valence-corrected chi connectivity index (χ1v) is 8.38. The minimum absolute atomic E-state index is 0.0940. The lowest BCUT2D eigenvalue weighted by molar-refractivity contribution is -0.143. The zero-order valence-electron chi connectivity index (χ0n) is 14.1. The predicted octanol–water partition coefficient (Wildman–Crippen LogP) is 2.75. The number of nitrogens with one attached hydrogen (secondary N) is 1. The zero-order chi connectivity index (χ0) is 17.7. The van der Waals surface area contributed by atoms with Gasteiger partial charge in [0.1, 0.15) is 6.04 Å². The number of carboxylic acid groups (broad SMARTS) is 1. The van der Waals surface area contributed by atoms with E-state index in [-0.39, 0.29) is 17.7 Å². The standard InChI is InChI=1S/C18H24N2O4/c1-3-12(2)16(21)19-14-8-6-7-13(11-14)17(22)20-10-5-4-9-15(20)18(23)24/h6-8,11-12,15H,3-5,9-10H2,1-2H3,(H,19,21)(H,23,24). The molecule has 2 amide bonds. The molecule has 1 fully saturated rings. The monoisotopic (exact) mass is 332 g/mol. The number of hydrogen-bond acceptors (Lipinski definition) is 3. The van der Waals surface area contributed by atoms with E-state index in [0.29, 0.717) is 24.2 Å². The fourth-order valence-electron chi connectivity index (χ4n) is 2.78. The van der Waals surface area contributed by atoms with Gasteiger partial charge in [0, 0.05) is 23.7 Å². The Morgan fingerprint density at radius 3 is 2.75 bits per heavy atom. The minimum Gasteiger partial charge on any atom is -0.480 e. The summed E-state index contributed by atoms with van der Waals surface area (Å²) in [6, 6.07) is 5.90. The number of benzene rings is 1. The summed E-state index contributed by atoms with van der Waals surface area (Å²) < 4.78 is 0. The van der Waals surface area contributed by atoms with Crippen molar-refractivity contribution in [2.24, 2.45) is 5.92 Å². The normalized spacial score (nSPS) is 18.8. The van der Waals surface area contributed by atoms with E-state index in [9.17, 15) is 19.5 Å². The maximum atomic E-state index is 12.7. The fourth-order valence-corrected chi connectivity index (χ4v) is 2.78. The molecular formula is C18H24N2O4. The summed E-state index contributed by atoms with van der Waals surface area (Å²) in [4.78, 5) is 37.5. The van der Waals surface area contributed by atoms with Gasteiger partial charge in [-0.2, -0.15) is 0 Å². The summed E-state index contributed by atoms with van der Waals surface area (Å²) >= 11 is 0. The molecule has 0 bridgehead atoms. The molecule has 6 nitrogen and oxygen atoms in total. The molecule has 0 radical (unpaired) electrons. The highest BCUT2D eigenvalue weighted by atomic mass is 16.4. The predicted molar refractivity (Wildman–Crippen MR) is 90.8 cm³/mol. The highest BCUT2D eigenvalue weighted by Gasteiger charge is 2.32. The van der Waals surface area contributed by atoms with E-state index in [1.165, 1.54) is 4.90 Å². The number of piperidine rings is 1. The number of anilines is 1. The lowest BCUT2D eigenvalue weighted by Crippen LogP contribution is -2.48. The van der Waals surface area contributed by atoms with E-state index in [4.69, 9.17) is 0 Å². The third-order valence-electron chi connectivity index (χ3n) is 4.49. The van der Waals surface area contributed by atoms with Gasteiger partial charge in [0.2, 0.25) is 5.91 Å². The van der Waals surface area contributed by atoms with Crippen LogP contribution in [0.1, 0.15) is 49.9 Å². The van der Waals surface area contributed by atoms with Crippen molar-refractivity contribution in [3.05, 3.63) is 29.8 Å². The number of likely N-dealkylation sites (tertiary alicyclic amines) is 1. The lowest BCUT2D eigenvalue weighted by Gasteiger charge is -2.33. The molecule has 1 saturated heterocycles. The van der Waals surface area contributed by atoms with Gasteiger partial charge < -0.3 is 15.3 Å². The van der Waals surface area contributed by atoms with Gasteiger partial charge in [-0.3, -0.25) is 9.59 Å². The van der Waals surface area contributed by atoms with Crippen LogP contribution in [-0.4, -0.2) is 40.4 Å². The smallest absolute Gasteiger partial charge is 0.326 e. The Balaban J connectivity index is 2.16. The van der Waals surface area contributed by atoms with E-state index < -0.39 is 12.0 Å². The van der Waals surface area contributed by atoms with Crippen molar-refractivity contribution in [3.8, 4) is 0 Å². The first kappa shape index (κ1) is 18.0. The molecule has 0 aromatic heterocycles. The lowest BCUT2D eigenvalue weighted by atomic mass is 10.0. The van der Waals surface area contributed by atoms with Gasteiger partial charge in [-0.25, -0.2) is 4.79 Å². The maximum Gasteiger partial charge on any atom is 0.326 e. The summed E-state index contributed by atoms with van der Waals surface area (Å²) in [7, 11) is 0. The first-order chi connectivity index (χ1) is 11.4. The maximum absolute atomic E-state index is 12.7. The molecular weight excluding hydrogens is 308 g/mol. The second kappa shape index (κ2) is 7.95.